The molecule has 0 unspecified atom stereocenters. The SMILES string of the molecule is CSc1cc(F)cc([C@H](CO)c2ccccc2C(N)=O)c1. The highest BCUT2D eigenvalue weighted by atomic mass is 32.2. The Hall–Kier alpha value is -1.85. The van der Waals surface area contributed by atoms with Crippen molar-refractivity contribution in [2.75, 3.05) is 12.9 Å². The van der Waals surface area contributed by atoms with Crippen LogP contribution < -0.4 is 5.73 Å². The highest BCUT2D eigenvalue weighted by molar-refractivity contribution is 7.98. The minimum Gasteiger partial charge on any atom is -0.395 e. The summed E-state index contributed by atoms with van der Waals surface area (Å²) in [6.45, 7) is -0.235. The molecule has 2 aromatic rings. The van der Waals surface area contributed by atoms with Crippen molar-refractivity contribution in [3.63, 3.8) is 0 Å². The molecule has 1 amide bonds. The van der Waals surface area contributed by atoms with E-state index in [2.05, 4.69) is 0 Å². The normalized spacial score (nSPS) is 12.1. The van der Waals surface area contributed by atoms with Gasteiger partial charge in [0, 0.05) is 16.4 Å². The maximum Gasteiger partial charge on any atom is 0.249 e. The van der Waals surface area contributed by atoms with E-state index < -0.39 is 11.8 Å². The fraction of sp³-hybridized carbons (Fsp3) is 0.188. The van der Waals surface area contributed by atoms with Gasteiger partial charge in [-0.25, -0.2) is 4.39 Å². The number of aliphatic hydroxyl groups excluding tert-OH is 1. The Morgan fingerprint density at radius 1 is 1.33 bits per heavy atom. The summed E-state index contributed by atoms with van der Waals surface area (Å²) in [5.41, 5.74) is 6.93. The third-order valence-corrected chi connectivity index (χ3v) is 4.02. The van der Waals surface area contributed by atoms with E-state index in [9.17, 15) is 14.3 Å². The number of nitrogens with two attached hydrogens (primary N) is 1. The van der Waals surface area contributed by atoms with Gasteiger partial charge >= 0.3 is 0 Å². The van der Waals surface area contributed by atoms with E-state index in [0.29, 0.717) is 16.7 Å². The summed E-state index contributed by atoms with van der Waals surface area (Å²) in [7, 11) is 0. The Bertz CT molecular complexity index is 660. The van der Waals surface area contributed by atoms with E-state index in [1.54, 1.807) is 24.3 Å². The van der Waals surface area contributed by atoms with Gasteiger partial charge in [0.15, 0.2) is 0 Å². The molecule has 0 fully saturated rings. The van der Waals surface area contributed by atoms with Gasteiger partial charge in [0.25, 0.3) is 0 Å². The maximum absolute atomic E-state index is 13.7. The molecule has 2 rings (SSSR count). The van der Waals surface area contributed by atoms with Crippen LogP contribution in [-0.4, -0.2) is 23.9 Å². The number of amides is 1. The van der Waals surface area contributed by atoms with E-state index in [1.807, 2.05) is 12.3 Å². The molecule has 0 saturated heterocycles. The highest BCUT2D eigenvalue weighted by Crippen LogP contribution is 2.30. The zero-order valence-electron chi connectivity index (χ0n) is 11.5. The molecule has 0 aliphatic rings. The first-order chi connectivity index (χ1) is 10.1. The number of primary amides is 1. The van der Waals surface area contributed by atoms with Crippen molar-refractivity contribution in [2.24, 2.45) is 5.73 Å². The number of carbonyl (C=O) groups is 1. The molecular weight excluding hydrogens is 289 g/mol. The first-order valence-electron chi connectivity index (χ1n) is 6.41. The van der Waals surface area contributed by atoms with Crippen LogP contribution >= 0.6 is 11.8 Å². The van der Waals surface area contributed by atoms with Crippen LogP contribution in [0.25, 0.3) is 0 Å². The molecule has 0 aliphatic heterocycles. The molecule has 0 aromatic heterocycles. The van der Waals surface area contributed by atoms with E-state index >= 15 is 0 Å². The third-order valence-electron chi connectivity index (χ3n) is 3.32. The molecule has 3 N–H and O–H groups in total. The van der Waals surface area contributed by atoms with Crippen molar-refractivity contribution < 1.29 is 14.3 Å². The van der Waals surface area contributed by atoms with Crippen LogP contribution in [0.15, 0.2) is 47.4 Å². The van der Waals surface area contributed by atoms with Crippen LogP contribution in [0.4, 0.5) is 4.39 Å². The Kier molecular flexibility index (Phi) is 4.98. The van der Waals surface area contributed by atoms with Gasteiger partial charge in [-0.3, -0.25) is 4.79 Å². The monoisotopic (exact) mass is 305 g/mol. The van der Waals surface area contributed by atoms with Crippen LogP contribution in [0.2, 0.25) is 0 Å². The average Bonchev–Trinajstić information content (AvgIpc) is 2.47. The van der Waals surface area contributed by atoms with Crippen molar-refractivity contribution in [1.82, 2.24) is 0 Å². The number of carbonyl (C=O) groups excluding carboxylic acids is 1. The molecular formula is C16H16FNO2S. The lowest BCUT2D eigenvalue weighted by atomic mass is 9.88. The second-order valence-corrected chi connectivity index (χ2v) is 5.49. The van der Waals surface area contributed by atoms with Crippen molar-refractivity contribution in [2.45, 2.75) is 10.8 Å². The fourth-order valence-corrected chi connectivity index (χ4v) is 2.80. The zero-order chi connectivity index (χ0) is 15.4. The molecule has 5 heteroatoms. The molecule has 3 nitrogen and oxygen atoms in total. The van der Waals surface area contributed by atoms with Crippen molar-refractivity contribution in [3.8, 4) is 0 Å². The summed E-state index contributed by atoms with van der Waals surface area (Å²) in [5.74, 6) is -1.42. The molecule has 2 aromatic carbocycles. The van der Waals surface area contributed by atoms with Crippen LogP contribution in [0.5, 0.6) is 0 Å². The van der Waals surface area contributed by atoms with E-state index in [-0.39, 0.29) is 12.4 Å². The Balaban J connectivity index is 2.55. The predicted octanol–water partition coefficient (Wildman–Crippen LogP) is 2.77. The van der Waals surface area contributed by atoms with E-state index in [1.165, 1.54) is 23.9 Å². The van der Waals surface area contributed by atoms with Gasteiger partial charge in [0.05, 0.1) is 6.61 Å². The Morgan fingerprint density at radius 3 is 2.67 bits per heavy atom. The lowest BCUT2D eigenvalue weighted by Gasteiger charge is -2.18. The van der Waals surface area contributed by atoms with Gasteiger partial charge in [-0.1, -0.05) is 18.2 Å². The lowest BCUT2D eigenvalue weighted by molar-refractivity contribution is 0.0999. The largest absolute Gasteiger partial charge is 0.395 e. The second-order valence-electron chi connectivity index (χ2n) is 4.61. The van der Waals surface area contributed by atoms with Crippen molar-refractivity contribution in [1.29, 1.82) is 0 Å². The predicted molar refractivity (Wildman–Crippen MR) is 82.1 cm³/mol. The zero-order valence-corrected chi connectivity index (χ0v) is 12.4. The molecule has 0 saturated carbocycles. The smallest absolute Gasteiger partial charge is 0.249 e. The molecule has 0 bridgehead atoms. The summed E-state index contributed by atoms with van der Waals surface area (Å²) >= 11 is 1.42. The van der Waals surface area contributed by atoms with Crippen molar-refractivity contribution >= 4 is 17.7 Å². The van der Waals surface area contributed by atoms with Crippen molar-refractivity contribution in [3.05, 3.63) is 65.0 Å². The number of rotatable bonds is 5. The van der Waals surface area contributed by atoms with Gasteiger partial charge in [0.1, 0.15) is 5.82 Å². The van der Waals surface area contributed by atoms with Gasteiger partial charge in [-0.05, 0) is 41.6 Å². The maximum atomic E-state index is 13.7. The standard InChI is InChI=1S/C16H16FNO2S/c1-21-12-7-10(6-11(17)8-12)15(9-19)13-4-2-3-5-14(13)16(18)20/h2-8,15,19H,9H2,1H3,(H2,18,20)/t15-/m0/s1. The number of halogens is 1. The summed E-state index contributed by atoms with van der Waals surface area (Å²) in [4.78, 5) is 12.3. The second kappa shape index (κ2) is 6.74. The fourth-order valence-electron chi connectivity index (χ4n) is 2.31. The molecule has 21 heavy (non-hydrogen) atoms. The van der Waals surface area contributed by atoms with Crippen LogP contribution in [-0.2, 0) is 0 Å². The van der Waals surface area contributed by atoms with Gasteiger partial charge in [0.2, 0.25) is 5.91 Å². The number of hydrogen-bond donors (Lipinski definition) is 2. The Labute approximate surface area is 127 Å². The highest BCUT2D eigenvalue weighted by Gasteiger charge is 2.20. The van der Waals surface area contributed by atoms with Gasteiger partial charge in [-0.15, -0.1) is 11.8 Å². The molecule has 0 radical (unpaired) electrons. The summed E-state index contributed by atoms with van der Waals surface area (Å²) in [6, 6.07) is 11.4. The number of benzene rings is 2. The number of thioether (sulfide) groups is 1. The third kappa shape index (κ3) is 3.43. The van der Waals surface area contributed by atoms with Crippen LogP contribution in [0.3, 0.4) is 0 Å². The molecule has 0 spiro atoms. The topological polar surface area (TPSA) is 63.3 Å². The Morgan fingerprint density at radius 2 is 2.05 bits per heavy atom. The molecule has 110 valence electrons. The molecule has 0 aliphatic carbocycles. The van der Waals surface area contributed by atoms with E-state index in [4.69, 9.17) is 5.73 Å². The minimum absolute atomic E-state index is 0.235. The van der Waals surface area contributed by atoms with Gasteiger partial charge < -0.3 is 10.8 Å². The van der Waals surface area contributed by atoms with Gasteiger partial charge in [-0.2, -0.15) is 0 Å². The van der Waals surface area contributed by atoms with Crippen LogP contribution in [0.1, 0.15) is 27.4 Å². The van der Waals surface area contributed by atoms with Crippen LogP contribution in [0, 0.1) is 5.82 Å². The first kappa shape index (κ1) is 15.5. The quantitative estimate of drug-likeness (QED) is 0.835. The number of hydrogen-bond acceptors (Lipinski definition) is 3. The van der Waals surface area contributed by atoms with E-state index in [0.717, 1.165) is 4.90 Å². The summed E-state index contributed by atoms with van der Waals surface area (Å²) < 4.78 is 13.7. The molecule has 0 heterocycles. The number of aliphatic hydroxyl groups is 1. The average molecular weight is 305 g/mol. The first-order valence-corrected chi connectivity index (χ1v) is 7.63. The lowest BCUT2D eigenvalue weighted by Crippen LogP contribution is -2.17. The minimum atomic E-state index is -0.564. The summed E-state index contributed by atoms with van der Waals surface area (Å²) in [6.07, 6.45) is 1.85. The summed E-state index contributed by atoms with van der Waals surface area (Å²) in [5, 5.41) is 9.71. The molecule has 1 atom stereocenters.